The predicted octanol–water partition coefficient (Wildman–Crippen LogP) is 7.97. The number of alkyl carbamates (subject to hydrolysis) is 1. The van der Waals surface area contributed by atoms with Gasteiger partial charge in [-0.2, -0.15) is 0 Å². The fraction of sp³-hybridized carbons (Fsp3) is 0.595. The highest BCUT2D eigenvalue weighted by molar-refractivity contribution is 5.92. The first-order valence-electron chi connectivity index (χ1n) is 16.6. The van der Waals surface area contributed by atoms with Crippen LogP contribution in [-0.4, -0.2) is 47.0 Å². The van der Waals surface area contributed by atoms with Crippen LogP contribution in [0.3, 0.4) is 0 Å². The number of hydrogen-bond acceptors (Lipinski definition) is 4. The summed E-state index contributed by atoms with van der Waals surface area (Å²) >= 11 is 0. The van der Waals surface area contributed by atoms with Gasteiger partial charge in [0.1, 0.15) is 17.7 Å². The molecule has 3 unspecified atom stereocenters. The summed E-state index contributed by atoms with van der Waals surface area (Å²) in [6.45, 7) is 16.1. The first-order chi connectivity index (χ1) is 20.8. The highest BCUT2D eigenvalue weighted by atomic mass is 16.6. The highest BCUT2D eigenvalue weighted by Gasteiger charge is 2.36. The number of carbonyl (C=O) groups is 3. The summed E-state index contributed by atoms with van der Waals surface area (Å²) in [5, 5.41) is 6.05. The lowest BCUT2D eigenvalue weighted by atomic mass is 9.96. The lowest BCUT2D eigenvalue weighted by molar-refractivity contribution is -0.142. The van der Waals surface area contributed by atoms with Crippen molar-refractivity contribution in [3.8, 4) is 0 Å². The molecular formula is C37H57N3O4. The van der Waals surface area contributed by atoms with E-state index in [1.807, 2.05) is 63.2 Å². The number of aryl methyl sites for hydroxylation is 2. The molecule has 7 nitrogen and oxygen atoms in total. The van der Waals surface area contributed by atoms with Gasteiger partial charge in [-0.05, 0) is 65.5 Å². The topological polar surface area (TPSA) is 87.7 Å². The van der Waals surface area contributed by atoms with Crippen molar-refractivity contribution < 1.29 is 19.1 Å². The van der Waals surface area contributed by atoms with E-state index in [-0.39, 0.29) is 24.3 Å². The van der Waals surface area contributed by atoms with Gasteiger partial charge >= 0.3 is 6.09 Å². The number of ether oxygens (including phenoxy) is 1. The quantitative estimate of drug-likeness (QED) is 0.179. The van der Waals surface area contributed by atoms with Crippen LogP contribution >= 0.6 is 0 Å². The molecule has 0 aliphatic heterocycles. The zero-order chi connectivity index (χ0) is 32.7. The maximum absolute atomic E-state index is 14.7. The van der Waals surface area contributed by atoms with Crippen LogP contribution < -0.4 is 10.6 Å². The molecule has 3 amide bonds. The van der Waals surface area contributed by atoms with Crippen LogP contribution in [0.15, 0.2) is 48.5 Å². The minimum Gasteiger partial charge on any atom is -0.444 e. The van der Waals surface area contributed by atoms with Gasteiger partial charge in [0.25, 0.3) is 0 Å². The molecule has 7 heteroatoms. The van der Waals surface area contributed by atoms with Gasteiger partial charge in [-0.15, -0.1) is 0 Å². The van der Waals surface area contributed by atoms with Crippen LogP contribution in [0.2, 0.25) is 0 Å². The monoisotopic (exact) mass is 607 g/mol. The SMILES string of the molecule is CCCCCCCCN(C(=O)C(Cc1ccccc1)NC(=O)OC(C)(C)C)C(C(=O)NC(C)CCC)c1cc(C)cc(C)c1. The van der Waals surface area contributed by atoms with Gasteiger partial charge in [-0.25, -0.2) is 4.79 Å². The number of carbonyl (C=O) groups excluding carboxylic acids is 3. The van der Waals surface area contributed by atoms with Crippen molar-refractivity contribution in [1.29, 1.82) is 0 Å². The maximum atomic E-state index is 14.7. The number of nitrogens with zero attached hydrogens (tertiary/aromatic N) is 1. The minimum absolute atomic E-state index is 0.0353. The molecule has 0 radical (unpaired) electrons. The third-order valence-electron chi connectivity index (χ3n) is 7.54. The second kappa shape index (κ2) is 18.5. The Hall–Kier alpha value is -3.35. The highest BCUT2D eigenvalue weighted by Crippen LogP contribution is 2.27. The molecule has 44 heavy (non-hydrogen) atoms. The average Bonchev–Trinajstić information content (AvgIpc) is 2.92. The Balaban J connectivity index is 2.57. The molecule has 2 aromatic rings. The number of benzene rings is 2. The van der Waals surface area contributed by atoms with E-state index in [0.29, 0.717) is 6.54 Å². The van der Waals surface area contributed by atoms with Crippen molar-refractivity contribution in [2.45, 2.75) is 137 Å². The second-order valence-corrected chi connectivity index (χ2v) is 13.2. The average molecular weight is 608 g/mol. The summed E-state index contributed by atoms with van der Waals surface area (Å²) in [6, 6.07) is 13.9. The molecule has 0 aliphatic carbocycles. The summed E-state index contributed by atoms with van der Waals surface area (Å²) in [6.07, 6.45) is 7.69. The van der Waals surface area contributed by atoms with Crippen molar-refractivity contribution in [2.24, 2.45) is 0 Å². The fourth-order valence-corrected chi connectivity index (χ4v) is 5.60. The number of nitrogens with one attached hydrogen (secondary N) is 2. The Kier molecular flexibility index (Phi) is 15.5. The van der Waals surface area contributed by atoms with E-state index in [0.717, 1.165) is 67.2 Å². The van der Waals surface area contributed by atoms with Crippen molar-refractivity contribution in [1.82, 2.24) is 15.5 Å². The zero-order valence-corrected chi connectivity index (χ0v) is 28.5. The molecule has 0 spiro atoms. The summed E-state index contributed by atoms with van der Waals surface area (Å²) in [5.74, 6) is -0.498. The van der Waals surface area contributed by atoms with Crippen LogP contribution in [0.4, 0.5) is 4.79 Å². The summed E-state index contributed by atoms with van der Waals surface area (Å²) in [5.41, 5.74) is 3.02. The normalized spacial score (nSPS) is 13.5. The molecule has 0 saturated heterocycles. The second-order valence-electron chi connectivity index (χ2n) is 13.2. The Morgan fingerprint density at radius 1 is 0.841 bits per heavy atom. The molecule has 2 aromatic carbocycles. The summed E-state index contributed by atoms with van der Waals surface area (Å²) in [4.78, 5) is 43.6. The van der Waals surface area contributed by atoms with E-state index in [1.165, 1.54) is 6.42 Å². The number of amides is 3. The molecule has 0 bridgehead atoms. The van der Waals surface area contributed by atoms with Crippen LogP contribution in [-0.2, 0) is 20.7 Å². The minimum atomic E-state index is -0.915. The van der Waals surface area contributed by atoms with Crippen molar-refractivity contribution in [3.05, 3.63) is 70.8 Å². The molecule has 244 valence electrons. The van der Waals surface area contributed by atoms with E-state index in [9.17, 15) is 14.4 Å². The van der Waals surface area contributed by atoms with Gasteiger partial charge in [0.2, 0.25) is 11.8 Å². The third-order valence-corrected chi connectivity index (χ3v) is 7.54. The third kappa shape index (κ3) is 13.1. The molecule has 0 heterocycles. The van der Waals surface area contributed by atoms with E-state index < -0.39 is 23.8 Å². The molecule has 0 aliphatic rings. The van der Waals surface area contributed by atoms with E-state index in [1.54, 1.807) is 25.7 Å². The molecule has 3 atom stereocenters. The number of hydrogen-bond donors (Lipinski definition) is 2. The van der Waals surface area contributed by atoms with Crippen LogP contribution in [0, 0.1) is 13.8 Å². The molecule has 0 aromatic heterocycles. The van der Waals surface area contributed by atoms with Gasteiger partial charge in [-0.3, -0.25) is 9.59 Å². The van der Waals surface area contributed by atoms with E-state index >= 15 is 0 Å². The van der Waals surface area contributed by atoms with Crippen LogP contribution in [0.25, 0.3) is 0 Å². The van der Waals surface area contributed by atoms with E-state index in [4.69, 9.17) is 4.74 Å². The Morgan fingerprint density at radius 3 is 2.05 bits per heavy atom. The summed E-state index contributed by atoms with van der Waals surface area (Å²) in [7, 11) is 0. The van der Waals surface area contributed by atoms with Crippen LogP contribution in [0.5, 0.6) is 0 Å². The lowest BCUT2D eigenvalue weighted by Gasteiger charge is -2.35. The van der Waals surface area contributed by atoms with Crippen molar-refractivity contribution in [2.75, 3.05) is 6.54 Å². The molecule has 0 saturated carbocycles. The zero-order valence-electron chi connectivity index (χ0n) is 28.5. The smallest absolute Gasteiger partial charge is 0.408 e. The molecular weight excluding hydrogens is 550 g/mol. The number of unbranched alkanes of at least 4 members (excludes halogenated alkanes) is 5. The van der Waals surface area contributed by atoms with E-state index in [2.05, 4.69) is 30.5 Å². The Bertz CT molecular complexity index is 1150. The maximum Gasteiger partial charge on any atom is 0.408 e. The van der Waals surface area contributed by atoms with Gasteiger partial charge in [-0.1, -0.05) is 112 Å². The molecule has 0 fully saturated rings. The Morgan fingerprint density at radius 2 is 1.45 bits per heavy atom. The predicted molar refractivity (Wildman–Crippen MR) is 180 cm³/mol. The van der Waals surface area contributed by atoms with Gasteiger partial charge < -0.3 is 20.3 Å². The van der Waals surface area contributed by atoms with Crippen molar-refractivity contribution >= 4 is 17.9 Å². The lowest BCUT2D eigenvalue weighted by Crippen LogP contribution is -2.54. The van der Waals surface area contributed by atoms with Gasteiger partial charge in [0.05, 0.1) is 0 Å². The summed E-state index contributed by atoms with van der Waals surface area (Å²) < 4.78 is 5.58. The fourth-order valence-electron chi connectivity index (χ4n) is 5.60. The number of rotatable bonds is 17. The van der Waals surface area contributed by atoms with Crippen molar-refractivity contribution in [3.63, 3.8) is 0 Å². The molecule has 2 N–H and O–H groups in total. The Labute approximate surface area is 266 Å². The van der Waals surface area contributed by atoms with Gasteiger partial charge in [0.15, 0.2) is 0 Å². The largest absolute Gasteiger partial charge is 0.444 e. The standard InChI is InChI=1S/C37H57N3O4/c1-9-11-12-13-14-18-22-40(33(34(41)38-29(5)19-10-2)31-24-27(3)23-28(4)25-31)35(42)32(26-30-20-16-15-17-21-30)39-36(43)44-37(6,7)8/h15-17,20-21,23-25,29,32-33H,9-14,18-19,22,26H2,1-8H3,(H,38,41)(H,39,43). The first-order valence-corrected chi connectivity index (χ1v) is 16.6. The van der Waals surface area contributed by atoms with Crippen LogP contribution in [0.1, 0.15) is 121 Å². The van der Waals surface area contributed by atoms with Gasteiger partial charge in [0, 0.05) is 19.0 Å². The molecule has 2 rings (SSSR count). The first kappa shape index (κ1) is 36.8.